The number of nitrogens with zero attached hydrogens (tertiary/aromatic N) is 4. The molecule has 1 aromatic carbocycles. The number of nitrogens with one attached hydrogen (secondary N) is 1. The number of aliphatic imine (C=N–C) groups is 1. The van der Waals surface area contributed by atoms with E-state index in [0.717, 1.165) is 53.6 Å². The molecule has 0 radical (unpaired) electrons. The maximum Gasteiger partial charge on any atom is 0.434 e. The van der Waals surface area contributed by atoms with Gasteiger partial charge in [0.25, 0.3) is 0 Å². The Morgan fingerprint density at radius 3 is 2.56 bits per heavy atom. The number of halogens is 4. The summed E-state index contributed by atoms with van der Waals surface area (Å²) in [6.07, 6.45) is -4.41. The number of piperazine rings is 1. The largest absolute Gasteiger partial charge is 0.434 e. The molecule has 1 saturated heterocycles. The van der Waals surface area contributed by atoms with Crippen molar-refractivity contribution in [3.8, 4) is 0 Å². The van der Waals surface area contributed by atoms with E-state index >= 15 is 0 Å². The Morgan fingerprint density at radius 1 is 1.26 bits per heavy atom. The molecule has 0 spiro atoms. The second-order valence-electron chi connectivity index (χ2n) is 5.95. The molecule has 1 aliphatic rings. The van der Waals surface area contributed by atoms with Gasteiger partial charge in [-0.05, 0) is 12.1 Å². The monoisotopic (exact) mass is 417 g/mol. The number of aromatic nitrogens is 1. The number of hydrogen-bond donors (Lipinski definition) is 1. The summed E-state index contributed by atoms with van der Waals surface area (Å²) < 4.78 is 37.9. The van der Waals surface area contributed by atoms with Crippen LogP contribution in [0.25, 0.3) is 0 Å². The van der Waals surface area contributed by atoms with Gasteiger partial charge in [0.15, 0.2) is 11.7 Å². The molecule has 2 heterocycles. The van der Waals surface area contributed by atoms with E-state index in [9.17, 15) is 13.2 Å². The van der Waals surface area contributed by atoms with Crippen LogP contribution in [0.15, 0.2) is 34.6 Å². The zero-order valence-corrected chi connectivity index (χ0v) is 16.2. The number of guanidine groups is 1. The van der Waals surface area contributed by atoms with Crippen LogP contribution in [0.4, 0.5) is 18.9 Å². The van der Waals surface area contributed by atoms with Gasteiger partial charge in [-0.15, -0.1) is 11.3 Å². The standard InChI is InChI=1S/C17H19ClF3N5S/c1-22-16(23-10-15-24-14(11-27-15)17(19,20)21)26-8-6-25(7-9-26)13-5-3-2-4-12(13)18/h2-5,11H,6-10H2,1H3,(H,22,23). The van der Waals surface area contributed by atoms with Gasteiger partial charge in [0.2, 0.25) is 0 Å². The number of rotatable bonds is 3. The quantitative estimate of drug-likeness (QED) is 0.610. The summed E-state index contributed by atoms with van der Waals surface area (Å²) in [5.41, 5.74) is 0.150. The molecule has 5 nitrogen and oxygen atoms in total. The second-order valence-corrected chi connectivity index (χ2v) is 7.30. The van der Waals surface area contributed by atoms with Gasteiger partial charge in [0, 0.05) is 38.6 Å². The number of thiazole rings is 1. The maximum absolute atomic E-state index is 12.6. The van der Waals surface area contributed by atoms with E-state index in [-0.39, 0.29) is 6.54 Å². The van der Waals surface area contributed by atoms with E-state index in [0.29, 0.717) is 11.0 Å². The molecule has 1 aliphatic heterocycles. The minimum absolute atomic E-state index is 0.206. The molecule has 10 heteroatoms. The topological polar surface area (TPSA) is 43.8 Å². The molecule has 146 valence electrons. The Morgan fingerprint density at radius 2 is 1.96 bits per heavy atom. The van der Waals surface area contributed by atoms with Crippen molar-refractivity contribution in [2.75, 3.05) is 38.1 Å². The SMILES string of the molecule is CN=C(NCc1nc(C(F)(F)F)cs1)N1CCN(c2ccccc2Cl)CC1. The molecular weight excluding hydrogens is 399 g/mol. The number of alkyl halides is 3. The Kier molecular flexibility index (Phi) is 6.11. The highest BCUT2D eigenvalue weighted by Gasteiger charge is 2.33. The fourth-order valence-corrected chi connectivity index (χ4v) is 3.87. The summed E-state index contributed by atoms with van der Waals surface area (Å²) in [7, 11) is 1.66. The van der Waals surface area contributed by atoms with Crippen molar-refractivity contribution < 1.29 is 13.2 Å². The zero-order valence-electron chi connectivity index (χ0n) is 14.6. The molecule has 1 aromatic heterocycles. The van der Waals surface area contributed by atoms with Crippen LogP contribution in [0, 0.1) is 0 Å². The highest BCUT2D eigenvalue weighted by atomic mass is 35.5. The van der Waals surface area contributed by atoms with Crippen LogP contribution in [0.2, 0.25) is 5.02 Å². The summed E-state index contributed by atoms with van der Waals surface area (Å²) >= 11 is 7.24. The van der Waals surface area contributed by atoms with Gasteiger partial charge in [-0.3, -0.25) is 4.99 Å². The first kappa shape index (κ1) is 19.8. The van der Waals surface area contributed by atoms with Crippen molar-refractivity contribution >= 4 is 34.6 Å². The second kappa shape index (κ2) is 8.35. The molecule has 1 fully saturated rings. The number of hydrogen-bond acceptors (Lipinski definition) is 4. The number of para-hydroxylation sites is 1. The van der Waals surface area contributed by atoms with E-state index in [4.69, 9.17) is 11.6 Å². The van der Waals surface area contributed by atoms with Crippen molar-refractivity contribution in [2.45, 2.75) is 12.7 Å². The lowest BCUT2D eigenvalue weighted by molar-refractivity contribution is -0.140. The molecule has 1 N–H and O–H groups in total. The summed E-state index contributed by atoms with van der Waals surface area (Å²) in [5.74, 6) is 0.651. The summed E-state index contributed by atoms with van der Waals surface area (Å²) in [4.78, 5) is 12.2. The third-order valence-electron chi connectivity index (χ3n) is 4.22. The minimum atomic E-state index is -4.41. The van der Waals surface area contributed by atoms with Gasteiger partial charge in [0.05, 0.1) is 17.3 Å². The van der Waals surface area contributed by atoms with Crippen LogP contribution in [-0.2, 0) is 12.7 Å². The van der Waals surface area contributed by atoms with Crippen molar-refractivity contribution in [2.24, 2.45) is 4.99 Å². The molecule has 0 aliphatic carbocycles. The van der Waals surface area contributed by atoms with Crippen LogP contribution in [0.5, 0.6) is 0 Å². The molecule has 27 heavy (non-hydrogen) atoms. The first-order valence-electron chi connectivity index (χ1n) is 8.35. The van der Waals surface area contributed by atoms with Crippen LogP contribution < -0.4 is 10.2 Å². The van der Waals surface area contributed by atoms with Crippen molar-refractivity contribution in [3.05, 3.63) is 45.4 Å². The van der Waals surface area contributed by atoms with Crippen LogP contribution >= 0.6 is 22.9 Å². The van der Waals surface area contributed by atoms with Crippen LogP contribution in [0.3, 0.4) is 0 Å². The lowest BCUT2D eigenvalue weighted by Crippen LogP contribution is -2.52. The average molecular weight is 418 g/mol. The van der Waals surface area contributed by atoms with Gasteiger partial charge in [0.1, 0.15) is 5.01 Å². The lowest BCUT2D eigenvalue weighted by Gasteiger charge is -2.38. The Balaban J connectivity index is 1.55. The Bertz CT molecular complexity index is 800. The van der Waals surface area contributed by atoms with E-state index in [1.165, 1.54) is 0 Å². The predicted molar refractivity (Wildman–Crippen MR) is 103 cm³/mol. The summed E-state index contributed by atoms with van der Waals surface area (Å²) in [6.45, 7) is 3.23. The van der Waals surface area contributed by atoms with Gasteiger partial charge in [-0.2, -0.15) is 13.2 Å². The van der Waals surface area contributed by atoms with Gasteiger partial charge in [-0.1, -0.05) is 23.7 Å². The molecule has 3 rings (SSSR count). The highest BCUT2D eigenvalue weighted by molar-refractivity contribution is 7.09. The number of benzene rings is 1. The lowest BCUT2D eigenvalue weighted by atomic mass is 10.2. The van der Waals surface area contributed by atoms with Gasteiger partial charge in [-0.25, -0.2) is 4.98 Å². The molecule has 2 aromatic rings. The molecule has 0 atom stereocenters. The minimum Gasteiger partial charge on any atom is -0.367 e. The van der Waals surface area contributed by atoms with E-state index in [1.54, 1.807) is 7.05 Å². The van der Waals surface area contributed by atoms with Crippen molar-refractivity contribution in [3.63, 3.8) is 0 Å². The molecular formula is C17H19ClF3N5S. The molecule has 0 bridgehead atoms. The van der Waals surface area contributed by atoms with E-state index < -0.39 is 11.9 Å². The third-order valence-corrected chi connectivity index (χ3v) is 5.39. The molecule has 0 unspecified atom stereocenters. The summed E-state index contributed by atoms with van der Waals surface area (Å²) in [5, 5.41) is 5.22. The first-order valence-corrected chi connectivity index (χ1v) is 9.61. The van der Waals surface area contributed by atoms with E-state index in [1.807, 2.05) is 24.3 Å². The normalized spacial score (nSPS) is 16.0. The molecule has 0 amide bonds. The third kappa shape index (κ3) is 4.84. The fraction of sp³-hybridized carbons (Fsp3) is 0.412. The van der Waals surface area contributed by atoms with Crippen molar-refractivity contribution in [1.82, 2.24) is 15.2 Å². The molecule has 0 saturated carbocycles. The fourth-order valence-electron chi connectivity index (χ4n) is 2.88. The van der Waals surface area contributed by atoms with Crippen LogP contribution in [-0.4, -0.2) is 49.1 Å². The predicted octanol–water partition coefficient (Wildman–Crippen LogP) is 3.71. The van der Waals surface area contributed by atoms with Gasteiger partial charge >= 0.3 is 6.18 Å². The van der Waals surface area contributed by atoms with Gasteiger partial charge < -0.3 is 15.1 Å². The average Bonchev–Trinajstić information content (AvgIpc) is 3.13. The maximum atomic E-state index is 12.6. The number of anilines is 1. The Labute approximate surface area is 164 Å². The zero-order chi connectivity index (χ0) is 19.4. The van der Waals surface area contributed by atoms with Crippen LogP contribution in [0.1, 0.15) is 10.7 Å². The van der Waals surface area contributed by atoms with Crippen molar-refractivity contribution in [1.29, 1.82) is 0 Å². The highest BCUT2D eigenvalue weighted by Crippen LogP contribution is 2.30. The summed E-state index contributed by atoms with van der Waals surface area (Å²) in [6, 6.07) is 7.71. The van der Waals surface area contributed by atoms with E-state index in [2.05, 4.69) is 25.1 Å². The smallest absolute Gasteiger partial charge is 0.367 e. The Hall–Kier alpha value is -2.00. The first-order chi connectivity index (χ1) is 12.9.